The van der Waals surface area contributed by atoms with Gasteiger partial charge in [0, 0.05) is 18.2 Å². The van der Waals surface area contributed by atoms with Gasteiger partial charge in [0.1, 0.15) is 5.03 Å². The quantitative estimate of drug-likeness (QED) is 0.784. The van der Waals surface area contributed by atoms with E-state index in [1.165, 1.54) is 6.07 Å². The molecule has 1 aromatic rings. The molecule has 0 amide bonds. The van der Waals surface area contributed by atoms with Gasteiger partial charge in [-0.15, -0.1) is 0 Å². The highest BCUT2D eigenvalue weighted by molar-refractivity contribution is 7.91. The first-order chi connectivity index (χ1) is 6.37. The van der Waals surface area contributed by atoms with Crippen molar-refractivity contribution < 1.29 is 13.5 Å². The van der Waals surface area contributed by atoms with E-state index in [2.05, 4.69) is 4.98 Å². The fraction of sp³-hybridized carbons (Fsp3) is 0.556. The fourth-order valence-electron chi connectivity index (χ4n) is 1.15. The molecule has 0 aliphatic carbocycles. The summed E-state index contributed by atoms with van der Waals surface area (Å²) in [6.45, 7) is 3.29. The van der Waals surface area contributed by atoms with Crippen molar-refractivity contribution in [3.05, 3.63) is 18.3 Å². The van der Waals surface area contributed by atoms with Gasteiger partial charge < -0.3 is 10.1 Å². The Morgan fingerprint density at radius 1 is 1.50 bits per heavy atom. The lowest BCUT2D eigenvalue weighted by atomic mass is 9.98. The Hall–Kier alpha value is -0.810. The van der Waals surface area contributed by atoms with Gasteiger partial charge in [0.25, 0.3) is 0 Å². The Morgan fingerprint density at radius 2 is 2.14 bits per heavy atom. The Kier molecular flexibility index (Phi) is 3.01. The summed E-state index contributed by atoms with van der Waals surface area (Å²) in [5, 5.41) is 9.19. The van der Waals surface area contributed by atoms with Crippen LogP contribution in [-0.2, 0) is 9.84 Å². The van der Waals surface area contributed by atoms with Crippen molar-refractivity contribution in [2.24, 2.45) is 5.41 Å². The van der Waals surface area contributed by atoms with Crippen molar-refractivity contribution in [1.82, 2.24) is 4.98 Å². The van der Waals surface area contributed by atoms with Crippen LogP contribution in [0.2, 0.25) is 0 Å². The highest BCUT2D eigenvalue weighted by atomic mass is 32.2. The van der Waals surface area contributed by atoms with Crippen molar-refractivity contribution in [2.75, 3.05) is 12.4 Å². The predicted octanol–water partition coefficient (Wildman–Crippen LogP) is 0.807. The maximum Gasteiger partial charge on any atom is 0.194 e. The standard InChI is InChI=1S/C9H15NO3S/c1-9(2,6-11)7-14(12,13)8-4-3-5-10-8/h3-5,10-11H,6-7H2,1-2H3. The van der Waals surface area contributed by atoms with Crippen LogP contribution < -0.4 is 0 Å². The van der Waals surface area contributed by atoms with Crippen LogP contribution in [0.1, 0.15) is 13.8 Å². The molecular formula is C9H15NO3S. The number of aromatic nitrogens is 1. The van der Waals surface area contributed by atoms with E-state index in [1.54, 1.807) is 26.1 Å². The molecule has 0 aromatic carbocycles. The summed E-state index contributed by atoms with van der Waals surface area (Å²) in [7, 11) is -3.30. The van der Waals surface area contributed by atoms with Crippen molar-refractivity contribution >= 4 is 9.84 Å². The number of aromatic amines is 1. The van der Waals surface area contributed by atoms with Crippen molar-refractivity contribution in [1.29, 1.82) is 0 Å². The zero-order valence-electron chi connectivity index (χ0n) is 8.32. The van der Waals surface area contributed by atoms with Gasteiger partial charge >= 0.3 is 0 Å². The number of aliphatic hydroxyl groups is 1. The molecule has 80 valence electrons. The van der Waals surface area contributed by atoms with Gasteiger partial charge in [-0.1, -0.05) is 13.8 Å². The monoisotopic (exact) mass is 217 g/mol. The fourth-order valence-corrected chi connectivity index (χ4v) is 2.95. The molecule has 0 aliphatic heterocycles. The molecular weight excluding hydrogens is 202 g/mol. The molecule has 0 bridgehead atoms. The lowest BCUT2D eigenvalue weighted by molar-refractivity contribution is 0.178. The summed E-state index contributed by atoms with van der Waals surface area (Å²) < 4.78 is 23.5. The molecule has 0 unspecified atom stereocenters. The third kappa shape index (κ3) is 2.59. The minimum Gasteiger partial charge on any atom is -0.396 e. The van der Waals surface area contributed by atoms with E-state index >= 15 is 0 Å². The van der Waals surface area contributed by atoms with Crippen LogP contribution in [0.3, 0.4) is 0 Å². The van der Waals surface area contributed by atoms with Crippen LogP contribution in [-0.4, -0.2) is 30.9 Å². The summed E-state index contributed by atoms with van der Waals surface area (Å²) in [4.78, 5) is 2.65. The maximum atomic E-state index is 11.7. The topological polar surface area (TPSA) is 70.2 Å². The summed E-state index contributed by atoms with van der Waals surface area (Å²) >= 11 is 0. The van der Waals surface area contributed by atoms with Crippen LogP contribution >= 0.6 is 0 Å². The smallest absolute Gasteiger partial charge is 0.194 e. The van der Waals surface area contributed by atoms with Gasteiger partial charge in [-0.2, -0.15) is 0 Å². The van der Waals surface area contributed by atoms with Crippen LogP contribution in [0.25, 0.3) is 0 Å². The molecule has 4 nitrogen and oxygen atoms in total. The number of nitrogens with one attached hydrogen (secondary N) is 1. The van der Waals surface area contributed by atoms with Gasteiger partial charge in [-0.25, -0.2) is 8.42 Å². The van der Waals surface area contributed by atoms with E-state index in [4.69, 9.17) is 5.11 Å². The van der Waals surface area contributed by atoms with Crippen molar-refractivity contribution in [3.63, 3.8) is 0 Å². The number of H-pyrrole nitrogens is 1. The number of hydrogen-bond acceptors (Lipinski definition) is 3. The predicted molar refractivity (Wildman–Crippen MR) is 53.7 cm³/mol. The zero-order valence-corrected chi connectivity index (χ0v) is 9.13. The molecule has 14 heavy (non-hydrogen) atoms. The molecule has 1 aromatic heterocycles. The molecule has 5 heteroatoms. The second-order valence-electron chi connectivity index (χ2n) is 4.12. The Balaban J connectivity index is 2.89. The molecule has 0 spiro atoms. The first-order valence-electron chi connectivity index (χ1n) is 4.34. The number of hydrogen-bond donors (Lipinski definition) is 2. The average molecular weight is 217 g/mol. The SMILES string of the molecule is CC(C)(CO)CS(=O)(=O)c1ccc[nH]1. The lowest BCUT2D eigenvalue weighted by Gasteiger charge is -2.20. The third-order valence-corrected chi connectivity index (χ3v) is 4.00. The van der Waals surface area contributed by atoms with Gasteiger partial charge in [0.05, 0.1) is 5.75 Å². The van der Waals surface area contributed by atoms with Crippen LogP contribution in [0, 0.1) is 5.41 Å². The summed E-state index contributed by atoms with van der Waals surface area (Å²) in [5.41, 5.74) is -0.607. The molecule has 0 saturated carbocycles. The first kappa shape index (κ1) is 11.3. The van der Waals surface area contributed by atoms with E-state index in [1.807, 2.05) is 0 Å². The first-order valence-corrected chi connectivity index (χ1v) is 6.00. The lowest BCUT2D eigenvalue weighted by Crippen LogP contribution is -2.27. The highest BCUT2D eigenvalue weighted by Gasteiger charge is 2.27. The van der Waals surface area contributed by atoms with Gasteiger partial charge in [-0.3, -0.25) is 0 Å². The van der Waals surface area contributed by atoms with Crippen LogP contribution in [0.5, 0.6) is 0 Å². The summed E-state index contributed by atoms with van der Waals surface area (Å²) in [6, 6.07) is 3.15. The molecule has 0 fully saturated rings. The van der Waals surface area contributed by atoms with Gasteiger partial charge in [0.15, 0.2) is 9.84 Å². The van der Waals surface area contributed by atoms with Gasteiger partial charge in [-0.05, 0) is 12.1 Å². The Morgan fingerprint density at radius 3 is 2.57 bits per heavy atom. The molecule has 0 atom stereocenters. The van der Waals surface area contributed by atoms with E-state index in [9.17, 15) is 8.42 Å². The number of aliphatic hydroxyl groups excluding tert-OH is 1. The largest absolute Gasteiger partial charge is 0.396 e. The van der Waals surface area contributed by atoms with Crippen molar-refractivity contribution in [3.8, 4) is 0 Å². The van der Waals surface area contributed by atoms with E-state index < -0.39 is 15.3 Å². The van der Waals surface area contributed by atoms with E-state index in [-0.39, 0.29) is 17.4 Å². The maximum absolute atomic E-state index is 11.7. The molecule has 2 N–H and O–H groups in total. The number of sulfone groups is 1. The molecule has 0 saturated heterocycles. The third-order valence-electron chi connectivity index (χ3n) is 1.91. The highest BCUT2D eigenvalue weighted by Crippen LogP contribution is 2.20. The summed E-state index contributed by atoms with van der Waals surface area (Å²) in [5.74, 6) is -0.0585. The zero-order chi connectivity index (χ0) is 10.8. The Bertz CT molecular complexity index is 378. The van der Waals surface area contributed by atoms with Crippen LogP contribution in [0.15, 0.2) is 23.4 Å². The normalized spacial score (nSPS) is 13.1. The minimum atomic E-state index is -3.30. The van der Waals surface area contributed by atoms with E-state index in [0.717, 1.165) is 0 Å². The Labute approximate surface area is 83.9 Å². The second kappa shape index (κ2) is 3.74. The average Bonchev–Trinajstić information content (AvgIpc) is 2.54. The minimum absolute atomic E-state index is 0.0585. The van der Waals surface area contributed by atoms with Gasteiger partial charge in [0.2, 0.25) is 0 Å². The molecule has 1 rings (SSSR count). The number of rotatable bonds is 4. The van der Waals surface area contributed by atoms with Crippen molar-refractivity contribution in [2.45, 2.75) is 18.9 Å². The molecule has 0 aliphatic rings. The second-order valence-corrected chi connectivity index (χ2v) is 6.07. The molecule has 0 radical (unpaired) electrons. The van der Waals surface area contributed by atoms with Crippen LogP contribution in [0.4, 0.5) is 0 Å². The molecule has 1 heterocycles. The van der Waals surface area contributed by atoms with E-state index in [0.29, 0.717) is 0 Å². The summed E-state index contributed by atoms with van der Waals surface area (Å²) in [6.07, 6.45) is 1.57.